The lowest BCUT2D eigenvalue weighted by molar-refractivity contribution is 0.00580. The molecule has 0 spiro atoms. The Kier molecular flexibility index (Phi) is 4.78. The fourth-order valence-electron chi connectivity index (χ4n) is 2.46. The molecule has 1 fully saturated rings. The first-order valence-corrected chi connectivity index (χ1v) is 6.99. The Labute approximate surface area is 109 Å². The van der Waals surface area contributed by atoms with Gasteiger partial charge < -0.3 is 9.84 Å². The largest absolute Gasteiger partial charge is 0.390 e. The molecule has 102 valence electrons. The third kappa shape index (κ3) is 3.82. The lowest BCUT2D eigenvalue weighted by atomic mass is 10.2. The van der Waals surface area contributed by atoms with E-state index in [1.165, 1.54) is 25.7 Å². The van der Waals surface area contributed by atoms with Gasteiger partial charge in [-0.15, -0.1) is 0 Å². The van der Waals surface area contributed by atoms with Crippen LogP contribution < -0.4 is 0 Å². The summed E-state index contributed by atoms with van der Waals surface area (Å²) in [6, 6.07) is 2.58. The van der Waals surface area contributed by atoms with E-state index in [4.69, 9.17) is 4.74 Å². The first-order chi connectivity index (χ1) is 8.65. The second-order valence-corrected chi connectivity index (χ2v) is 5.47. The van der Waals surface area contributed by atoms with Gasteiger partial charge in [0.25, 0.3) is 0 Å². The molecule has 4 heteroatoms. The molecule has 1 aromatic heterocycles. The molecule has 4 nitrogen and oxygen atoms in total. The summed E-state index contributed by atoms with van der Waals surface area (Å²) < 4.78 is 7.47. The molecule has 1 saturated carbocycles. The van der Waals surface area contributed by atoms with Crippen molar-refractivity contribution >= 4 is 0 Å². The molecule has 1 N–H and O–H groups in total. The zero-order valence-electron chi connectivity index (χ0n) is 11.4. The fraction of sp³-hybridized carbons (Fsp3) is 0.786. The van der Waals surface area contributed by atoms with Crippen LogP contribution in [0.1, 0.15) is 51.3 Å². The van der Waals surface area contributed by atoms with E-state index in [9.17, 15) is 5.11 Å². The molecule has 1 heterocycles. The van der Waals surface area contributed by atoms with Crippen molar-refractivity contribution in [1.29, 1.82) is 0 Å². The van der Waals surface area contributed by atoms with E-state index in [2.05, 4.69) is 9.78 Å². The lowest BCUT2D eigenvalue weighted by Crippen LogP contribution is -2.21. The van der Waals surface area contributed by atoms with Gasteiger partial charge in [0, 0.05) is 12.6 Å². The van der Waals surface area contributed by atoms with Crippen LogP contribution in [0, 0.1) is 0 Å². The predicted octanol–water partition coefficient (Wildman–Crippen LogP) is 2.33. The number of aliphatic hydroxyl groups excluding tert-OH is 1. The van der Waals surface area contributed by atoms with Gasteiger partial charge in [0.1, 0.15) is 0 Å². The minimum Gasteiger partial charge on any atom is -0.390 e. The highest BCUT2D eigenvalue weighted by Crippen LogP contribution is 2.28. The predicted molar refractivity (Wildman–Crippen MR) is 70.5 cm³/mol. The zero-order chi connectivity index (χ0) is 13.0. The summed E-state index contributed by atoms with van der Waals surface area (Å²) in [6.45, 7) is 4.33. The van der Waals surface area contributed by atoms with Crippen LogP contribution in [-0.2, 0) is 11.2 Å². The van der Waals surface area contributed by atoms with Gasteiger partial charge in [0.2, 0.25) is 0 Å². The topological polar surface area (TPSA) is 47.3 Å². The molecule has 0 saturated heterocycles. The van der Waals surface area contributed by atoms with Gasteiger partial charge in [-0.2, -0.15) is 5.10 Å². The van der Waals surface area contributed by atoms with Gasteiger partial charge in [0.15, 0.2) is 0 Å². The summed E-state index contributed by atoms with van der Waals surface area (Å²) in [6.07, 6.45) is 7.42. The van der Waals surface area contributed by atoms with Crippen LogP contribution in [0.4, 0.5) is 0 Å². The Hall–Kier alpha value is -0.870. The summed E-state index contributed by atoms with van der Waals surface area (Å²) >= 11 is 0. The molecule has 0 aromatic carbocycles. The zero-order valence-corrected chi connectivity index (χ0v) is 11.4. The summed E-state index contributed by atoms with van der Waals surface area (Å²) in [5, 5.41) is 14.4. The molecular weight excluding hydrogens is 228 g/mol. The molecule has 1 aliphatic carbocycles. The van der Waals surface area contributed by atoms with Crippen LogP contribution in [-0.4, -0.2) is 33.7 Å². The standard InChI is InChI=1S/C14H24N2O2/c1-11(2)18-10-14(17)9-12-7-8-16(15-12)13-5-3-4-6-13/h7-8,11,13-14,17H,3-6,9-10H2,1-2H3. The van der Waals surface area contributed by atoms with Crippen molar-refractivity contribution in [3.63, 3.8) is 0 Å². The number of nitrogens with zero attached hydrogens (tertiary/aromatic N) is 2. The molecule has 0 aliphatic heterocycles. The number of aliphatic hydroxyl groups is 1. The van der Waals surface area contributed by atoms with Gasteiger partial charge in [-0.05, 0) is 32.8 Å². The highest BCUT2D eigenvalue weighted by atomic mass is 16.5. The van der Waals surface area contributed by atoms with Crippen molar-refractivity contribution in [2.45, 2.75) is 64.2 Å². The van der Waals surface area contributed by atoms with Gasteiger partial charge in [-0.25, -0.2) is 0 Å². The van der Waals surface area contributed by atoms with Gasteiger partial charge in [-0.3, -0.25) is 4.68 Å². The van der Waals surface area contributed by atoms with E-state index in [1.807, 2.05) is 26.1 Å². The first kappa shape index (κ1) is 13.6. The summed E-state index contributed by atoms with van der Waals surface area (Å²) in [7, 11) is 0. The quantitative estimate of drug-likeness (QED) is 0.845. The SMILES string of the molecule is CC(C)OCC(O)Cc1ccn(C2CCCC2)n1. The molecule has 2 rings (SSSR count). The third-order valence-corrected chi connectivity index (χ3v) is 3.43. The smallest absolute Gasteiger partial charge is 0.0829 e. The van der Waals surface area contributed by atoms with E-state index in [1.54, 1.807) is 0 Å². The van der Waals surface area contributed by atoms with Crippen molar-refractivity contribution in [3.05, 3.63) is 18.0 Å². The van der Waals surface area contributed by atoms with Crippen LogP contribution in [0.2, 0.25) is 0 Å². The normalized spacial score (nSPS) is 18.7. The van der Waals surface area contributed by atoms with Crippen molar-refractivity contribution in [1.82, 2.24) is 9.78 Å². The Balaban J connectivity index is 1.82. The van der Waals surface area contributed by atoms with Crippen LogP contribution in [0.25, 0.3) is 0 Å². The second kappa shape index (κ2) is 6.34. The highest BCUT2D eigenvalue weighted by Gasteiger charge is 2.18. The summed E-state index contributed by atoms with van der Waals surface area (Å²) in [5.41, 5.74) is 0.960. The molecule has 0 bridgehead atoms. The van der Waals surface area contributed by atoms with Crippen LogP contribution >= 0.6 is 0 Å². The van der Waals surface area contributed by atoms with E-state index >= 15 is 0 Å². The van der Waals surface area contributed by atoms with E-state index in [0.717, 1.165) is 5.69 Å². The molecule has 0 radical (unpaired) electrons. The molecule has 1 atom stereocenters. The van der Waals surface area contributed by atoms with Crippen molar-refractivity contribution in [2.24, 2.45) is 0 Å². The Bertz CT molecular complexity index is 356. The molecule has 1 unspecified atom stereocenters. The fourth-order valence-corrected chi connectivity index (χ4v) is 2.46. The molecule has 1 aliphatic rings. The molecule has 18 heavy (non-hydrogen) atoms. The van der Waals surface area contributed by atoms with Crippen LogP contribution in [0.15, 0.2) is 12.3 Å². The average Bonchev–Trinajstić information content (AvgIpc) is 2.95. The van der Waals surface area contributed by atoms with Crippen molar-refractivity contribution < 1.29 is 9.84 Å². The highest BCUT2D eigenvalue weighted by molar-refractivity contribution is 5.01. The van der Waals surface area contributed by atoms with Gasteiger partial charge >= 0.3 is 0 Å². The van der Waals surface area contributed by atoms with E-state index < -0.39 is 6.10 Å². The maximum absolute atomic E-state index is 9.85. The third-order valence-electron chi connectivity index (χ3n) is 3.43. The number of hydrogen-bond donors (Lipinski definition) is 1. The summed E-state index contributed by atoms with van der Waals surface area (Å²) in [4.78, 5) is 0. The minimum absolute atomic E-state index is 0.163. The summed E-state index contributed by atoms with van der Waals surface area (Å²) in [5.74, 6) is 0. The Morgan fingerprint density at radius 1 is 1.44 bits per heavy atom. The first-order valence-electron chi connectivity index (χ1n) is 6.99. The van der Waals surface area contributed by atoms with E-state index in [0.29, 0.717) is 19.1 Å². The van der Waals surface area contributed by atoms with Crippen LogP contribution in [0.5, 0.6) is 0 Å². The molecule has 0 amide bonds. The number of rotatable bonds is 6. The average molecular weight is 252 g/mol. The lowest BCUT2D eigenvalue weighted by Gasteiger charge is -2.12. The number of ether oxygens (including phenoxy) is 1. The second-order valence-electron chi connectivity index (χ2n) is 5.47. The molecular formula is C14H24N2O2. The van der Waals surface area contributed by atoms with Crippen molar-refractivity contribution in [3.8, 4) is 0 Å². The van der Waals surface area contributed by atoms with Gasteiger partial charge in [0.05, 0.1) is 30.6 Å². The Morgan fingerprint density at radius 2 is 2.17 bits per heavy atom. The van der Waals surface area contributed by atoms with Crippen molar-refractivity contribution in [2.75, 3.05) is 6.61 Å². The maximum atomic E-state index is 9.85. The number of aromatic nitrogens is 2. The van der Waals surface area contributed by atoms with Crippen LogP contribution in [0.3, 0.4) is 0 Å². The maximum Gasteiger partial charge on any atom is 0.0829 e. The number of hydrogen-bond acceptors (Lipinski definition) is 3. The van der Waals surface area contributed by atoms with Gasteiger partial charge in [-0.1, -0.05) is 12.8 Å². The Morgan fingerprint density at radius 3 is 2.83 bits per heavy atom. The molecule has 1 aromatic rings. The minimum atomic E-state index is -0.459. The van der Waals surface area contributed by atoms with E-state index in [-0.39, 0.29) is 6.10 Å². The monoisotopic (exact) mass is 252 g/mol.